The highest BCUT2D eigenvalue weighted by Gasteiger charge is 2.32. The van der Waals surface area contributed by atoms with Crippen LogP contribution in [0.4, 0.5) is 4.79 Å². The minimum absolute atomic E-state index is 0.184. The maximum absolute atomic E-state index is 12.5. The smallest absolute Gasteiger partial charge is 0.317 e. The van der Waals surface area contributed by atoms with E-state index in [9.17, 15) is 9.90 Å². The Kier molecular flexibility index (Phi) is 5.11. The molecule has 0 unspecified atom stereocenters. The normalized spacial score (nSPS) is 22.9. The number of carbonyl (C=O) groups excluding carboxylic acids is 1. The van der Waals surface area contributed by atoms with Crippen LogP contribution in [0.25, 0.3) is 0 Å². The van der Waals surface area contributed by atoms with Gasteiger partial charge in [0, 0.05) is 30.2 Å². The molecule has 7 nitrogen and oxygen atoms in total. The largest absolute Gasteiger partial charge is 0.496 e. The average molecular weight is 336 g/mol. The Hall–Kier alpha value is -1.99. The molecular formula is C17H24N2O5. The molecule has 0 radical (unpaired) electrons. The topological polar surface area (TPSA) is 80.3 Å². The van der Waals surface area contributed by atoms with E-state index in [0.29, 0.717) is 42.7 Å². The van der Waals surface area contributed by atoms with Gasteiger partial charge in [-0.05, 0) is 18.6 Å². The molecule has 1 aromatic rings. The Bertz CT molecular complexity index is 601. The van der Waals surface area contributed by atoms with Crippen molar-refractivity contribution in [2.45, 2.75) is 19.1 Å². The highest BCUT2D eigenvalue weighted by molar-refractivity contribution is 5.75. The van der Waals surface area contributed by atoms with Crippen LogP contribution >= 0.6 is 0 Å². The second-order valence-electron chi connectivity index (χ2n) is 6.17. The summed E-state index contributed by atoms with van der Waals surface area (Å²) in [6.45, 7) is 2.64. The number of aliphatic hydroxyl groups is 1. The zero-order valence-corrected chi connectivity index (χ0v) is 14.1. The minimum Gasteiger partial charge on any atom is -0.496 e. The number of methoxy groups -OCH3 is 2. The molecule has 1 fully saturated rings. The van der Waals surface area contributed by atoms with Gasteiger partial charge in [0.05, 0.1) is 33.9 Å². The third-order valence-electron chi connectivity index (χ3n) is 4.64. The van der Waals surface area contributed by atoms with E-state index in [1.54, 1.807) is 31.3 Å². The van der Waals surface area contributed by atoms with Gasteiger partial charge in [0.25, 0.3) is 0 Å². The van der Waals surface area contributed by atoms with Crippen molar-refractivity contribution >= 4 is 6.03 Å². The van der Waals surface area contributed by atoms with Crippen LogP contribution in [0.1, 0.15) is 23.7 Å². The molecule has 1 saturated heterocycles. The maximum atomic E-state index is 12.5. The van der Waals surface area contributed by atoms with Crippen molar-refractivity contribution in [2.75, 3.05) is 40.5 Å². The SMILES string of the molecule is COc1ccc(OC)c2c1CN(C(=O)NC[C@H]1CCOC1)C[C@@H]2O. The van der Waals surface area contributed by atoms with E-state index in [4.69, 9.17) is 14.2 Å². The van der Waals surface area contributed by atoms with Crippen LogP contribution in [-0.2, 0) is 11.3 Å². The first-order valence-electron chi connectivity index (χ1n) is 8.16. The standard InChI is InChI=1S/C17H24N2O5/c1-22-14-3-4-15(23-2)16-12(14)8-19(9-13(16)20)17(21)18-7-11-5-6-24-10-11/h3-4,11,13,20H,5-10H2,1-2H3,(H,18,21)/t11-,13+/m1/s1. The first kappa shape index (κ1) is 16.9. The average Bonchev–Trinajstić information content (AvgIpc) is 3.12. The molecule has 2 aliphatic heterocycles. The third kappa shape index (κ3) is 3.27. The number of carbonyl (C=O) groups is 1. The monoisotopic (exact) mass is 336 g/mol. The number of ether oxygens (including phenoxy) is 3. The molecule has 2 heterocycles. The van der Waals surface area contributed by atoms with Gasteiger partial charge in [-0.15, -0.1) is 0 Å². The van der Waals surface area contributed by atoms with Crippen LogP contribution in [0, 0.1) is 5.92 Å². The third-order valence-corrected chi connectivity index (χ3v) is 4.64. The summed E-state index contributed by atoms with van der Waals surface area (Å²) in [5.74, 6) is 1.62. The zero-order chi connectivity index (χ0) is 17.1. The number of hydrogen-bond acceptors (Lipinski definition) is 5. The summed E-state index contributed by atoms with van der Waals surface area (Å²) in [6.07, 6.45) is 0.163. The molecule has 0 bridgehead atoms. The number of hydrogen-bond donors (Lipinski definition) is 2. The first-order chi connectivity index (χ1) is 11.6. The summed E-state index contributed by atoms with van der Waals surface area (Å²) in [5, 5.41) is 13.5. The van der Waals surface area contributed by atoms with Gasteiger partial charge in [0.2, 0.25) is 0 Å². The molecule has 132 valence electrons. The molecule has 2 amide bonds. The molecule has 0 spiro atoms. The second-order valence-corrected chi connectivity index (χ2v) is 6.17. The number of fused-ring (bicyclic) bond motifs is 1. The molecular weight excluding hydrogens is 312 g/mol. The number of nitrogens with zero attached hydrogens (tertiary/aromatic N) is 1. The molecule has 24 heavy (non-hydrogen) atoms. The molecule has 2 N–H and O–H groups in total. The minimum atomic E-state index is -0.806. The first-order valence-corrected chi connectivity index (χ1v) is 8.16. The second kappa shape index (κ2) is 7.27. The van der Waals surface area contributed by atoms with Gasteiger partial charge in [0.15, 0.2) is 0 Å². The Morgan fingerprint density at radius 3 is 2.79 bits per heavy atom. The van der Waals surface area contributed by atoms with Crippen molar-refractivity contribution < 1.29 is 24.1 Å². The molecule has 2 atom stereocenters. The quantitative estimate of drug-likeness (QED) is 0.866. The van der Waals surface area contributed by atoms with Gasteiger partial charge in [-0.25, -0.2) is 4.79 Å². The highest BCUT2D eigenvalue weighted by Crippen LogP contribution is 2.39. The summed E-state index contributed by atoms with van der Waals surface area (Å²) < 4.78 is 16.1. The fraction of sp³-hybridized carbons (Fsp3) is 0.588. The lowest BCUT2D eigenvalue weighted by atomic mass is 9.95. The van der Waals surface area contributed by atoms with E-state index in [1.807, 2.05) is 0 Å². The molecule has 3 rings (SSSR count). The lowest BCUT2D eigenvalue weighted by molar-refractivity contribution is 0.1000. The van der Waals surface area contributed by atoms with Crippen molar-refractivity contribution in [1.29, 1.82) is 0 Å². The summed E-state index contributed by atoms with van der Waals surface area (Å²) >= 11 is 0. The fourth-order valence-corrected chi connectivity index (χ4v) is 3.32. The number of β-amino-alcohol motifs (C(OH)–C–C–N with tert-alkyl or cyclic N) is 1. The Labute approximate surface area is 141 Å². The van der Waals surface area contributed by atoms with E-state index in [2.05, 4.69) is 5.32 Å². The van der Waals surface area contributed by atoms with Gasteiger partial charge < -0.3 is 29.5 Å². The van der Waals surface area contributed by atoms with Gasteiger partial charge in [0.1, 0.15) is 17.6 Å². The van der Waals surface area contributed by atoms with Crippen molar-refractivity contribution in [3.63, 3.8) is 0 Å². The highest BCUT2D eigenvalue weighted by atomic mass is 16.5. The van der Waals surface area contributed by atoms with Crippen molar-refractivity contribution in [3.05, 3.63) is 23.3 Å². The Balaban J connectivity index is 1.74. The number of amides is 2. The van der Waals surface area contributed by atoms with Crippen LogP contribution < -0.4 is 14.8 Å². The van der Waals surface area contributed by atoms with Crippen molar-refractivity contribution in [1.82, 2.24) is 10.2 Å². The van der Waals surface area contributed by atoms with E-state index in [-0.39, 0.29) is 12.6 Å². The molecule has 2 aliphatic rings. The van der Waals surface area contributed by atoms with Crippen LogP contribution in [0.15, 0.2) is 12.1 Å². The van der Waals surface area contributed by atoms with Gasteiger partial charge in [-0.2, -0.15) is 0 Å². The van der Waals surface area contributed by atoms with Gasteiger partial charge >= 0.3 is 6.03 Å². The van der Waals surface area contributed by atoms with Crippen molar-refractivity contribution in [3.8, 4) is 11.5 Å². The van der Waals surface area contributed by atoms with E-state index in [1.165, 1.54) is 0 Å². The van der Waals surface area contributed by atoms with Gasteiger partial charge in [-0.1, -0.05) is 0 Å². The number of benzene rings is 1. The summed E-state index contributed by atoms with van der Waals surface area (Å²) in [5.41, 5.74) is 1.49. The lowest BCUT2D eigenvalue weighted by Gasteiger charge is -2.34. The zero-order valence-electron chi connectivity index (χ0n) is 14.1. The molecule has 0 aliphatic carbocycles. The van der Waals surface area contributed by atoms with Gasteiger partial charge in [-0.3, -0.25) is 0 Å². The number of aliphatic hydroxyl groups excluding tert-OH is 1. The summed E-state index contributed by atoms with van der Waals surface area (Å²) in [7, 11) is 3.14. The Morgan fingerprint density at radius 1 is 1.38 bits per heavy atom. The predicted octanol–water partition coefficient (Wildman–Crippen LogP) is 1.30. The molecule has 1 aromatic carbocycles. The fourth-order valence-electron chi connectivity index (χ4n) is 3.32. The predicted molar refractivity (Wildman–Crippen MR) is 87.2 cm³/mol. The van der Waals surface area contributed by atoms with Crippen LogP contribution in [0.2, 0.25) is 0 Å². The van der Waals surface area contributed by atoms with Crippen LogP contribution in [-0.4, -0.2) is 56.6 Å². The number of rotatable bonds is 4. The Morgan fingerprint density at radius 2 is 2.12 bits per heavy atom. The molecule has 0 saturated carbocycles. The summed E-state index contributed by atoms with van der Waals surface area (Å²) in [6, 6.07) is 3.38. The van der Waals surface area contributed by atoms with E-state index in [0.717, 1.165) is 18.6 Å². The molecule has 0 aromatic heterocycles. The van der Waals surface area contributed by atoms with Crippen LogP contribution in [0.3, 0.4) is 0 Å². The number of nitrogens with one attached hydrogen (secondary N) is 1. The van der Waals surface area contributed by atoms with E-state index >= 15 is 0 Å². The van der Waals surface area contributed by atoms with E-state index < -0.39 is 6.10 Å². The number of urea groups is 1. The lowest BCUT2D eigenvalue weighted by Crippen LogP contribution is -2.45. The summed E-state index contributed by atoms with van der Waals surface area (Å²) in [4.78, 5) is 14.1. The van der Waals surface area contributed by atoms with Crippen molar-refractivity contribution in [2.24, 2.45) is 5.92 Å². The molecule has 7 heteroatoms. The maximum Gasteiger partial charge on any atom is 0.317 e. The van der Waals surface area contributed by atoms with Crippen LogP contribution in [0.5, 0.6) is 11.5 Å².